The molecule has 2 heterocycles. The summed E-state index contributed by atoms with van der Waals surface area (Å²) in [6.07, 6.45) is 2.30. The SMILES string of the molecule is CCCCC(=O)N=C1SC2CS(=O)(=O)CC2N1C. The van der Waals surface area contributed by atoms with Crippen molar-refractivity contribution in [2.75, 3.05) is 18.6 Å². The number of carbonyl (C=O) groups is 1. The quantitative estimate of drug-likeness (QED) is 0.772. The van der Waals surface area contributed by atoms with Gasteiger partial charge >= 0.3 is 0 Å². The average Bonchev–Trinajstić information content (AvgIpc) is 2.71. The third-order valence-electron chi connectivity index (χ3n) is 3.29. The van der Waals surface area contributed by atoms with E-state index < -0.39 is 9.84 Å². The van der Waals surface area contributed by atoms with E-state index in [1.807, 2.05) is 18.9 Å². The number of aliphatic imine (C=N–C) groups is 1. The molecule has 2 atom stereocenters. The summed E-state index contributed by atoms with van der Waals surface area (Å²) >= 11 is 1.43. The first-order chi connectivity index (χ1) is 8.43. The van der Waals surface area contributed by atoms with Crippen molar-refractivity contribution in [1.82, 2.24) is 4.90 Å². The Morgan fingerprint density at radius 3 is 2.83 bits per heavy atom. The second kappa shape index (κ2) is 5.21. The van der Waals surface area contributed by atoms with E-state index in [0.717, 1.165) is 12.8 Å². The number of rotatable bonds is 3. The van der Waals surface area contributed by atoms with E-state index >= 15 is 0 Å². The van der Waals surface area contributed by atoms with E-state index in [2.05, 4.69) is 4.99 Å². The van der Waals surface area contributed by atoms with E-state index in [1.165, 1.54) is 11.8 Å². The molecule has 2 aliphatic heterocycles. The van der Waals surface area contributed by atoms with Gasteiger partial charge in [-0.25, -0.2) is 8.42 Å². The Bertz CT molecular complexity index is 473. The number of nitrogens with zero attached hydrogens (tertiary/aromatic N) is 2. The molecule has 0 radical (unpaired) electrons. The maximum absolute atomic E-state index is 11.6. The molecule has 0 aromatic heterocycles. The first kappa shape index (κ1) is 13.9. The van der Waals surface area contributed by atoms with E-state index in [9.17, 15) is 13.2 Å². The van der Waals surface area contributed by atoms with Crippen LogP contribution in [0.25, 0.3) is 0 Å². The number of thioether (sulfide) groups is 1. The number of fused-ring (bicyclic) bond motifs is 1. The second-order valence-electron chi connectivity index (χ2n) is 4.80. The van der Waals surface area contributed by atoms with E-state index in [4.69, 9.17) is 0 Å². The number of sulfone groups is 1. The molecule has 5 nitrogen and oxygen atoms in total. The lowest BCUT2D eigenvalue weighted by molar-refractivity contribution is -0.117. The fourth-order valence-electron chi connectivity index (χ4n) is 2.23. The predicted octanol–water partition coefficient (Wildman–Crippen LogP) is 0.903. The molecule has 0 aromatic rings. The number of hydrogen-bond donors (Lipinski definition) is 0. The van der Waals surface area contributed by atoms with Gasteiger partial charge in [0.05, 0.1) is 17.5 Å². The highest BCUT2D eigenvalue weighted by Gasteiger charge is 2.47. The van der Waals surface area contributed by atoms with Gasteiger partial charge in [0, 0.05) is 18.7 Å². The molecule has 2 aliphatic rings. The van der Waals surface area contributed by atoms with Gasteiger partial charge in [-0.2, -0.15) is 4.99 Å². The van der Waals surface area contributed by atoms with Crippen LogP contribution in [0.15, 0.2) is 4.99 Å². The third-order valence-corrected chi connectivity index (χ3v) is 6.59. The topological polar surface area (TPSA) is 66.8 Å². The van der Waals surface area contributed by atoms with Crippen molar-refractivity contribution >= 4 is 32.7 Å². The van der Waals surface area contributed by atoms with Gasteiger partial charge < -0.3 is 4.90 Å². The lowest BCUT2D eigenvalue weighted by Crippen LogP contribution is -2.34. The van der Waals surface area contributed by atoms with Crippen molar-refractivity contribution in [3.05, 3.63) is 0 Å². The molecule has 2 fully saturated rings. The summed E-state index contributed by atoms with van der Waals surface area (Å²) in [5.74, 6) is 0.284. The van der Waals surface area contributed by atoms with Crippen LogP contribution in [0.5, 0.6) is 0 Å². The van der Waals surface area contributed by atoms with Crippen LogP contribution in [0, 0.1) is 0 Å². The molecular formula is C11H18N2O3S2. The van der Waals surface area contributed by atoms with Crippen LogP contribution >= 0.6 is 11.8 Å². The molecule has 2 unspecified atom stereocenters. The molecule has 0 saturated carbocycles. The van der Waals surface area contributed by atoms with Crippen LogP contribution in [-0.2, 0) is 14.6 Å². The van der Waals surface area contributed by atoms with Crippen molar-refractivity contribution in [3.63, 3.8) is 0 Å². The number of carbonyl (C=O) groups excluding carboxylic acids is 1. The fourth-order valence-corrected chi connectivity index (χ4v) is 6.24. The predicted molar refractivity (Wildman–Crippen MR) is 73.6 cm³/mol. The number of amides is 1. The summed E-state index contributed by atoms with van der Waals surface area (Å²) in [4.78, 5) is 17.6. The summed E-state index contributed by atoms with van der Waals surface area (Å²) in [5.41, 5.74) is 0. The number of unbranched alkanes of at least 4 members (excludes halogenated alkanes) is 1. The van der Waals surface area contributed by atoms with Crippen molar-refractivity contribution in [3.8, 4) is 0 Å². The van der Waals surface area contributed by atoms with Gasteiger partial charge in [-0.1, -0.05) is 25.1 Å². The first-order valence-corrected chi connectivity index (χ1v) is 8.84. The van der Waals surface area contributed by atoms with Gasteiger partial charge in [0.25, 0.3) is 0 Å². The van der Waals surface area contributed by atoms with Crippen LogP contribution in [0.4, 0.5) is 0 Å². The Balaban J connectivity index is 2.03. The molecule has 102 valence electrons. The van der Waals surface area contributed by atoms with Gasteiger partial charge in [0.1, 0.15) is 0 Å². The first-order valence-electron chi connectivity index (χ1n) is 6.14. The Morgan fingerprint density at radius 2 is 2.22 bits per heavy atom. The van der Waals surface area contributed by atoms with Gasteiger partial charge in [0.2, 0.25) is 5.91 Å². The lowest BCUT2D eigenvalue weighted by Gasteiger charge is -2.17. The van der Waals surface area contributed by atoms with Crippen molar-refractivity contribution in [1.29, 1.82) is 0 Å². The molecule has 0 bridgehead atoms. The average molecular weight is 290 g/mol. The normalized spacial score (nSPS) is 31.9. The van der Waals surface area contributed by atoms with Crippen molar-refractivity contribution in [2.45, 2.75) is 37.5 Å². The number of hydrogen-bond acceptors (Lipinski definition) is 4. The standard InChI is InChI=1S/C11H18N2O3S2/c1-3-4-5-10(14)12-11-13(2)8-6-18(15,16)7-9(8)17-11/h8-9H,3-7H2,1-2H3. The Hall–Kier alpha value is -0.560. The van der Waals surface area contributed by atoms with Gasteiger partial charge in [0.15, 0.2) is 15.0 Å². The Labute approximate surface area is 112 Å². The van der Waals surface area contributed by atoms with Crippen LogP contribution in [-0.4, -0.2) is 54.2 Å². The molecule has 2 saturated heterocycles. The maximum Gasteiger partial charge on any atom is 0.248 e. The van der Waals surface area contributed by atoms with Crippen molar-refractivity contribution < 1.29 is 13.2 Å². The van der Waals surface area contributed by atoms with Gasteiger partial charge in [-0.05, 0) is 6.42 Å². The van der Waals surface area contributed by atoms with Crippen LogP contribution < -0.4 is 0 Å². The summed E-state index contributed by atoms with van der Waals surface area (Å²) in [5, 5.41) is 0.721. The summed E-state index contributed by atoms with van der Waals surface area (Å²) in [6.45, 7) is 2.03. The zero-order chi connectivity index (χ0) is 13.3. The highest BCUT2D eigenvalue weighted by atomic mass is 32.2. The minimum Gasteiger partial charge on any atom is -0.349 e. The molecule has 0 aromatic carbocycles. The fraction of sp³-hybridized carbons (Fsp3) is 0.818. The Kier molecular flexibility index (Phi) is 4.01. The highest BCUT2D eigenvalue weighted by Crippen LogP contribution is 2.36. The molecular weight excluding hydrogens is 272 g/mol. The highest BCUT2D eigenvalue weighted by molar-refractivity contribution is 8.15. The minimum absolute atomic E-state index is 0.0160. The lowest BCUT2D eigenvalue weighted by atomic mass is 10.2. The van der Waals surface area contributed by atoms with Gasteiger partial charge in [-0.3, -0.25) is 4.79 Å². The zero-order valence-corrected chi connectivity index (χ0v) is 12.3. The maximum atomic E-state index is 11.6. The zero-order valence-electron chi connectivity index (χ0n) is 10.6. The monoisotopic (exact) mass is 290 g/mol. The smallest absolute Gasteiger partial charge is 0.248 e. The van der Waals surface area contributed by atoms with Crippen LogP contribution in [0.3, 0.4) is 0 Å². The number of amidine groups is 1. The molecule has 0 N–H and O–H groups in total. The summed E-state index contributed by atoms with van der Waals surface area (Å²) < 4.78 is 23.0. The Morgan fingerprint density at radius 1 is 1.50 bits per heavy atom. The molecule has 18 heavy (non-hydrogen) atoms. The largest absolute Gasteiger partial charge is 0.349 e. The second-order valence-corrected chi connectivity index (χ2v) is 8.16. The van der Waals surface area contributed by atoms with Crippen LogP contribution in [0.2, 0.25) is 0 Å². The van der Waals surface area contributed by atoms with Gasteiger partial charge in [-0.15, -0.1) is 0 Å². The van der Waals surface area contributed by atoms with Crippen molar-refractivity contribution in [2.24, 2.45) is 4.99 Å². The molecule has 0 aliphatic carbocycles. The molecule has 1 amide bonds. The minimum atomic E-state index is -2.91. The molecule has 7 heteroatoms. The van der Waals surface area contributed by atoms with E-state index in [1.54, 1.807) is 0 Å². The third kappa shape index (κ3) is 2.88. The van der Waals surface area contributed by atoms with E-state index in [-0.39, 0.29) is 28.7 Å². The summed E-state index contributed by atoms with van der Waals surface area (Å²) in [7, 11) is -1.08. The molecule has 2 rings (SSSR count). The summed E-state index contributed by atoms with van der Waals surface area (Å²) in [6, 6.07) is -0.0160. The van der Waals surface area contributed by atoms with E-state index in [0.29, 0.717) is 11.6 Å². The molecule has 0 spiro atoms. The van der Waals surface area contributed by atoms with Crippen LogP contribution in [0.1, 0.15) is 26.2 Å².